The average Bonchev–Trinajstić information content (AvgIpc) is 2.60. The molecule has 0 aromatic rings. The summed E-state index contributed by atoms with van der Waals surface area (Å²) in [6.45, 7) is 12.0. The zero-order valence-corrected chi connectivity index (χ0v) is 12.2. The van der Waals surface area contributed by atoms with E-state index in [9.17, 15) is 0 Å². The first-order chi connectivity index (χ1) is 7.10. The van der Waals surface area contributed by atoms with Crippen LogP contribution in [0.25, 0.3) is 0 Å². The van der Waals surface area contributed by atoms with Crippen LogP contribution in [0.15, 0.2) is 0 Å². The summed E-state index contributed by atoms with van der Waals surface area (Å²) in [7, 11) is 1.14. The van der Waals surface area contributed by atoms with Crippen molar-refractivity contribution in [2.24, 2.45) is 23.7 Å². The van der Waals surface area contributed by atoms with E-state index in [1.807, 2.05) is 0 Å². The molecule has 0 N–H and O–H groups in total. The molecule has 0 aliphatic heterocycles. The number of hydrogen-bond donors (Lipinski definition) is 0. The van der Waals surface area contributed by atoms with Crippen molar-refractivity contribution in [2.75, 3.05) is 6.66 Å². The first-order valence-electron chi connectivity index (χ1n) is 6.77. The van der Waals surface area contributed by atoms with Crippen molar-refractivity contribution in [1.29, 1.82) is 0 Å². The highest BCUT2D eigenvalue weighted by atomic mass is 31.1. The molecule has 0 amide bonds. The molecule has 1 aliphatic carbocycles. The van der Waals surface area contributed by atoms with Gasteiger partial charge >= 0.3 is 0 Å². The summed E-state index contributed by atoms with van der Waals surface area (Å²) in [4.78, 5) is 0. The highest BCUT2D eigenvalue weighted by Crippen LogP contribution is 2.46. The van der Waals surface area contributed by atoms with E-state index in [-0.39, 0.29) is 0 Å². The summed E-state index contributed by atoms with van der Waals surface area (Å²) >= 11 is 0. The van der Waals surface area contributed by atoms with Crippen molar-refractivity contribution >= 4 is 8.58 Å². The third-order valence-electron chi connectivity index (χ3n) is 4.50. The van der Waals surface area contributed by atoms with Crippen molar-refractivity contribution in [3.8, 4) is 0 Å². The normalized spacial score (nSPS) is 34.4. The van der Waals surface area contributed by atoms with Gasteiger partial charge in [0.25, 0.3) is 0 Å². The molecule has 1 rings (SSSR count). The van der Waals surface area contributed by atoms with E-state index in [0.29, 0.717) is 0 Å². The van der Waals surface area contributed by atoms with Crippen molar-refractivity contribution < 1.29 is 0 Å². The first kappa shape index (κ1) is 13.5. The molecule has 1 heteroatoms. The van der Waals surface area contributed by atoms with Gasteiger partial charge < -0.3 is 0 Å². The molecule has 0 bridgehead atoms. The highest BCUT2D eigenvalue weighted by molar-refractivity contribution is 7.37. The second kappa shape index (κ2) is 6.24. The molecule has 90 valence electrons. The number of rotatable bonds is 5. The van der Waals surface area contributed by atoms with Crippen LogP contribution >= 0.6 is 8.58 Å². The maximum atomic E-state index is 2.44. The molecule has 0 nitrogen and oxygen atoms in total. The van der Waals surface area contributed by atoms with Gasteiger partial charge in [-0.05, 0) is 55.3 Å². The van der Waals surface area contributed by atoms with Gasteiger partial charge in [-0.2, -0.15) is 0 Å². The summed E-state index contributed by atoms with van der Waals surface area (Å²) in [5.41, 5.74) is 0.968. The molecule has 5 atom stereocenters. The Morgan fingerprint density at radius 2 is 1.87 bits per heavy atom. The Hall–Kier alpha value is 0.430. The second-order valence-corrected chi connectivity index (χ2v) is 7.31. The molecule has 15 heavy (non-hydrogen) atoms. The van der Waals surface area contributed by atoms with Crippen LogP contribution < -0.4 is 0 Å². The molecule has 1 fully saturated rings. The Kier molecular flexibility index (Phi) is 5.61. The zero-order valence-electron chi connectivity index (χ0n) is 11.2. The maximum absolute atomic E-state index is 2.44. The summed E-state index contributed by atoms with van der Waals surface area (Å²) in [5, 5.41) is 0. The minimum absolute atomic E-state index is 0.902. The largest absolute Gasteiger partial charge is 0.122 e. The molecule has 1 saturated carbocycles. The van der Waals surface area contributed by atoms with Crippen molar-refractivity contribution in [1.82, 2.24) is 0 Å². The van der Waals surface area contributed by atoms with Crippen LogP contribution in [0.4, 0.5) is 0 Å². The standard InChI is InChI=1S/C14H29P/c1-6-13-12(9-11(4)15-5)7-8-14(13)10(2)3/h10-15H,6-9H2,1-5H3. The van der Waals surface area contributed by atoms with Crippen LogP contribution in [0.1, 0.15) is 53.4 Å². The van der Waals surface area contributed by atoms with Crippen LogP contribution in [0.2, 0.25) is 0 Å². The smallest absolute Gasteiger partial charge is 0.0265 e. The van der Waals surface area contributed by atoms with Crippen LogP contribution in [0.5, 0.6) is 0 Å². The molecule has 0 aromatic carbocycles. The van der Waals surface area contributed by atoms with Gasteiger partial charge in [0.1, 0.15) is 0 Å². The van der Waals surface area contributed by atoms with Gasteiger partial charge in [0.05, 0.1) is 0 Å². The van der Waals surface area contributed by atoms with Gasteiger partial charge in [-0.1, -0.05) is 34.1 Å². The lowest BCUT2D eigenvalue weighted by Gasteiger charge is -2.27. The topological polar surface area (TPSA) is 0 Å². The van der Waals surface area contributed by atoms with E-state index in [0.717, 1.165) is 37.9 Å². The van der Waals surface area contributed by atoms with E-state index in [1.54, 1.807) is 0 Å². The molecule has 0 spiro atoms. The zero-order chi connectivity index (χ0) is 11.4. The Morgan fingerprint density at radius 3 is 2.33 bits per heavy atom. The summed E-state index contributed by atoms with van der Waals surface area (Å²) in [5.74, 6) is 4.00. The minimum Gasteiger partial charge on any atom is -0.122 e. The van der Waals surface area contributed by atoms with E-state index in [1.165, 1.54) is 25.7 Å². The van der Waals surface area contributed by atoms with Gasteiger partial charge in [0.15, 0.2) is 0 Å². The average molecular weight is 228 g/mol. The SMILES string of the molecule is CCC1C(CC(C)PC)CCC1C(C)C. The van der Waals surface area contributed by atoms with Crippen LogP contribution in [0.3, 0.4) is 0 Å². The highest BCUT2D eigenvalue weighted by Gasteiger charge is 2.36. The van der Waals surface area contributed by atoms with Crippen LogP contribution in [-0.4, -0.2) is 12.3 Å². The summed E-state index contributed by atoms with van der Waals surface area (Å²) in [6.07, 6.45) is 5.92. The van der Waals surface area contributed by atoms with Crippen LogP contribution in [-0.2, 0) is 0 Å². The third kappa shape index (κ3) is 3.45. The predicted molar refractivity (Wildman–Crippen MR) is 73.2 cm³/mol. The fourth-order valence-corrected chi connectivity index (χ4v) is 4.05. The van der Waals surface area contributed by atoms with Gasteiger partial charge in [0.2, 0.25) is 0 Å². The summed E-state index contributed by atoms with van der Waals surface area (Å²) < 4.78 is 0. The Morgan fingerprint density at radius 1 is 1.20 bits per heavy atom. The molecule has 0 radical (unpaired) electrons. The Labute approximate surface area is 98.4 Å². The lowest BCUT2D eigenvalue weighted by Crippen LogP contribution is -2.20. The Bertz CT molecular complexity index is 176. The Balaban J connectivity index is 2.53. The lowest BCUT2D eigenvalue weighted by atomic mass is 9.80. The van der Waals surface area contributed by atoms with E-state index in [2.05, 4.69) is 34.4 Å². The molecule has 1 aliphatic rings. The quantitative estimate of drug-likeness (QED) is 0.594. The molecule has 5 unspecified atom stereocenters. The monoisotopic (exact) mass is 228 g/mol. The molecule has 0 aromatic heterocycles. The number of hydrogen-bond acceptors (Lipinski definition) is 0. The predicted octanol–water partition coefficient (Wildman–Crippen LogP) is 4.78. The summed E-state index contributed by atoms with van der Waals surface area (Å²) in [6, 6.07) is 0. The van der Waals surface area contributed by atoms with Gasteiger partial charge in [-0.25, -0.2) is 0 Å². The fourth-order valence-electron chi connectivity index (χ4n) is 3.51. The van der Waals surface area contributed by atoms with Crippen molar-refractivity contribution in [3.63, 3.8) is 0 Å². The van der Waals surface area contributed by atoms with Gasteiger partial charge in [0, 0.05) is 0 Å². The second-order valence-electron chi connectivity index (χ2n) is 5.74. The van der Waals surface area contributed by atoms with Crippen molar-refractivity contribution in [2.45, 2.75) is 59.0 Å². The first-order valence-corrected chi connectivity index (χ1v) is 8.35. The van der Waals surface area contributed by atoms with E-state index >= 15 is 0 Å². The third-order valence-corrected chi connectivity index (χ3v) is 5.72. The molecule has 0 heterocycles. The van der Waals surface area contributed by atoms with Crippen molar-refractivity contribution in [3.05, 3.63) is 0 Å². The lowest BCUT2D eigenvalue weighted by molar-refractivity contribution is 0.237. The van der Waals surface area contributed by atoms with E-state index < -0.39 is 0 Å². The molecular formula is C14H29P. The van der Waals surface area contributed by atoms with E-state index in [4.69, 9.17) is 0 Å². The minimum atomic E-state index is 0.902. The maximum Gasteiger partial charge on any atom is -0.0265 e. The van der Waals surface area contributed by atoms with Crippen LogP contribution in [0, 0.1) is 23.7 Å². The van der Waals surface area contributed by atoms with Gasteiger partial charge in [-0.15, -0.1) is 8.58 Å². The molecule has 0 saturated heterocycles. The fraction of sp³-hybridized carbons (Fsp3) is 1.00. The molecular weight excluding hydrogens is 199 g/mol. The van der Waals surface area contributed by atoms with Gasteiger partial charge in [-0.3, -0.25) is 0 Å².